The number of imidazole rings is 1. The van der Waals surface area contributed by atoms with Crippen LogP contribution in [0.3, 0.4) is 0 Å². The molecule has 1 aromatic heterocycles. The molecule has 2 N–H and O–H groups in total. The molecule has 1 spiro atoms. The number of aromatic nitrogens is 2. The molecule has 0 aromatic carbocycles. The summed E-state index contributed by atoms with van der Waals surface area (Å²) in [5.41, 5.74) is 0.433. The van der Waals surface area contributed by atoms with Crippen molar-refractivity contribution in [3.05, 3.63) is 18.2 Å². The van der Waals surface area contributed by atoms with Crippen LogP contribution in [0.5, 0.6) is 0 Å². The average molecular weight is 305 g/mol. The van der Waals surface area contributed by atoms with Crippen LogP contribution in [0.4, 0.5) is 0 Å². The predicted octanol–water partition coefficient (Wildman–Crippen LogP) is 0.500. The zero-order valence-corrected chi connectivity index (χ0v) is 13.6. The van der Waals surface area contributed by atoms with Gasteiger partial charge in [0.25, 0.3) is 0 Å². The summed E-state index contributed by atoms with van der Waals surface area (Å²) in [5, 5.41) is 6.37. The topological polar surface area (TPSA) is 62.2 Å². The van der Waals surface area contributed by atoms with E-state index >= 15 is 0 Å². The molecule has 2 aliphatic rings. The van der Waals surface area contributed by atoms with Crippen molar-refractivity contribution in [3.63, 3.8) is 0 Å². The zero-order chi connectivity index (χ0) is 15.6. The number of hydrogen-bond acceptors (Lipinski definition) is 4. The van der Waals surface area contributed by atoms with Crippen LogP contribution in [0.15, 0.2) is 12.4 Å². The summed E-state index contributed by atoms with van der Waals surface area (Å²) in [6.45, 7) is 6.09. The van der Waals surface area contributed by atoms with E-state index in [-0.39, 0.29) is 5.91 Å². The Morgan fingerprint density at radius 3 is 2.95 bits per heavy atom. The van der Waals surface area contributed by atoms with Crippen molar-refractivity contribution in [1.29, 1.82) is 0 Å². The van der Waals surface area contributed by atoms with Gasteiger partial charge in [0.2, 0.25) is 5.91 Å². The smallest absolute Gasteiger partial charge is 0.234 e. The van der Waals surface area contributed by atoms with Gasteiger partial charge in [-0.15, -0.1) is 0 Å². The Bertz CT molecular complexity index is 520. The van der Waals surface area contributed by atoms with Crippen molar-refractivity contribution in [2.75, 3.05) is 26.2 Å². The minimum Gasteiger partial charge on any atom is -0.355 e. The van der Waals surface area contributed by atoms with E-state index in [9.17, 15) is 4.79 Å². The number of carbonyl (C=O) groups excluding carboxylic acids is 1. The summed E-state index contributed by atoms with van der Waals surface area (Å²) in [6.07, 6.45) is 7.46. The van der Waals surface area contributed by atoms with E-state index < -0.39 is 0 Å². The molecule has 2 heterocycles. The Morgan fingerprint density at radius 1 is 1.55 bits per heavy atom. The number of likely N-dealkylation sites (N-methyl/N-ethyl adjacent to an activating group) is 1. The van der Waals surface area contributed by atoms with Crippen molar-refractivity contribution in [3.8, 4) is 0 Å². The van der Waals surface area contributed by atoms with Crippen LogP contribution in [-0.2, 0) is 18.4 Å². The SMILES string of the molecule is CCNC(=O)CN(Cc1nccn1C)C1CC12CCNCC2. The molecule has 1 atom stereocenters. The summed E-state index contributed by atoms with van der Waals surface area (Å²) in [5.74, 6) is 1.15. The standard InChI is InChI=1S/C16H27N5O/c1-3-18-15(22)12-21(11-14-19-8-9-20(14)2)13-10-16(13)4-6-17-7-5-16/h8-9,13,17H,3-7,10-12H2,1-2H3,(H,18,22). The lowest BCUT2D eigenvalue weighted by Gasteiger charge is -2.29. The van der Waals surface area contributed by atoms with Gasteiger partial charge in [-0.25, -0.2) is 4.98 Å². The molecular weight excluding hydrogens is 278 g/mol. The quantitative estimate of drug-likeness (QED) is 0.803. The predicted molar refractivity (Wildman–Crippen MR) is 85.2 cm³/mol. The normalized spacial score (nSPS) is 23.0. The molecule has 122 valence electrons. The minimum absolute atomic E-state index is 0.118. The lowest BCUT2D eigenvalue weighted by Crippen LogP contribution is -2.41. The number of aryl methyl sites for hydroxylation is 1. The first-order valence-corrected chi connectivity index (χ1v) is 8.32. The fraction of sp³-hybridized carbons (Fsp3) is 0.750. The molecule has 1 aliphatic heterocycles. The molecule has 0 bridgehead atoms. The second-order valence-electron chi connectivity index (χ2n) is 6.65. The third kappa shape index (κ3) is 3.17. The maximum absolute atomic E-state index is 12.1. The number of piperidine rings is 1. The maximum Gasteiger partial charge on any atom is 0.234 e. The van der Waals surface area contributed by atoms with Crippen LogP contribution in [-0.4, -0.2) is 52.6 Å². The van der Waals surface area contributed by atoms with Crippen LogP contribution in [0.1, 0.15) is 32.0 Å². The molecule has 22 heavy (non-hydrogen) atoms. The highest BCUT2D eigenvalue weighted by Crippen LogP contribution is 2.55. The molecule has 6 nitrogen and oxygen atoms in total. The number of nitrogens with zero attached hydrogens (tertiary/aromatic N) is 3. The molecule has 2 fully saturated rings. The largest absolute Gasteiger partial charge is 0.355 e. The minimum atomic E-state index is 0.118. The van der Waals surface area contributed by atoms with Crippen molar-refractivity contribution in [2.24, 2.45) is 12.5 Å². The van der Waals surface area contributed by atoms with E-state index in [0.717, 1.165) is 25.5 Å². The highest BCUT2D eigenvalue weighted by Gasteiger charge is 2.56. The molecular formula is C16H27N5O. The van der Waals surface area contributed by atoms with Crippen molar-refractivity contribution in [1.82, 2.24) is 25.1 Å². The van der Waals surface area contributed by atoms with Crippen molar-refractivity contribution >= 4 is 5.91 Å². The highest BCUT2D eigenvalue weighted by molar-refractivity contribution is 5.78. The second kappa shape index (κ2) is 6.38. The Morgan fingerprint density at radius 2 is 2.32 bits per heavy atom. The lowest BCUT2D eigenvalue weighted by molar-refractivity contribution is -0.122. The van der Waals surface area contributed by atoms with E-state index in [1.807, 2.05) is 30.9 Å². The first-order chi connectivity index (χ1) is 10.6. The monoisotopic (exact) mass is 305 g/mol. The van der Waals surface area contributed by atoms with Crippen molar-refractivity contribution < 1.29 is 4.79 Å². The molecule has 1 saturated carbocycles. The molecule has 1 saturated heterocycles. The van der Waals surface area contributed by atoms with Crippen LogP contribution in [0, 0.1) is 5.41 Å². The van der Waals surface area contributed by atoms with E-state index in [4.69, 9.17) is 0 Å². The average Bonchev–Trinajstić information content (AvgIpc) is 3.03. The van der Waals surface area contributed by atoms with E-state index in [0.29, 0.717) is 24.5 Å². The third-order valence-corrected chi connectivity index (χ3v) is 5.17. The van der Waals surface area contributed by atoms with Gasteiger partial charge in [0.05, 0.1) is 13.1 Å². The lowest BCUT2D eigenvalue weighted by atomic mass is 9.93. The van der Waals surface area contributed by atoms with Gasteiger partial charge < -0.3 is 15.2 Å². The van der Waals surface area contributed by atoms with Gasteiger partial charge >= 0.3 is 0 Å². The molecule has 1 aliphatic carbocycles. The summed E-state index contributed by atoms with van der Waals surface area (Å²) >= 11 is 0. The highest BCUT2D eigenvalue weighted by atomic mass is 16.2. The first-order valence-electron chi connectivity index (χ1n) is 8.32. The van der Waals surface area contributed by atoms with E-state index in [1.165, 1.54) is 19.3 Å². The summed E-state index contributed by atoms with van der Waals surface area (Å²) in [7, 11) is 2.01. The zero-order valence-electron chi connectivity index (χ0n) is 13.6. The fourth-order valence-corrected chi connectivity index (χ4v) is 3.75. The van der Waals surface area contributed by atoms with E-state index in [1.54, 1.807) is 0 Å². The molecule has 6 heteroatoms. The summed E-state index contributed by atoms with van der Waals surface area (Å²) in [6, 6.07) is 0.522. The van der Waals surface area contributed by atoms with Gasteiger partial charge in [0.15, 0.2) is 0 Å². The van der Waals surface area contributed by atoms with Crippen LogP contribution in [0.25, 0.3) is 0 Å². The maximum atomic E-state index is 12.1. The second-order valence-corrected chi connectivity index (χ2v) is 6.65. The van der Waals surface area contributed by atoms with Crippen LogP contribution < -0.4 is 10.6 Å². The van der Waals surface area contributed by atoms with Gasteiger partial charge in [-0.2, -0.15) is 0 Å². The summed E-state index contributed by atoms with van der Waals surface area (Å²) < 4.78 is 2.04. The number of amides is 1. The number of rotatable bonds is 6. The van der Waals surface area contributed by atoms with Crippen LogP contribution in [0.2, 0.25) is 0 Å². The van der Waals surface area contributed by atoms with E-state index in [2.05, 4.69) is 20.5 Å². The first kappa shape index (κ1) is 15.5. The van der Waals surface area contributed by atoms with Gasteiger partial charge in [0, 0.05) is 32.0 Å². The Labute approximate surface area is 132 Å². The number of hydrogen-bond donors (Lipinski definition) is 2. The fourth-order valence-electron chi connectivity index (χ4n) is 3.75. The molecule has 1 aromatic rings. The van der Waals surface area contributed by atoms with Gasteiger partial charge in [0.1, 0.15) is 5.82 Å². The molecule has 1 amide bonds. The van der Waals surface area contributed by atoms with Crippen molar-refractivity contribution in [2.45, 2.75) is 38.8 Å². The summed E-state index contributed by atoms with van der Waals surface area (Å²) in [4.78, 5) is 18.8. The Hall–Kier alpha value is -1.40. The van der Waals surface area contributed by atoms with Gasteiger partial charge in [-0.1, -0.05) is 0 Å². The molecule has 0 radical (unpaired) electrons. The van der Waals surface area contributed by atoms with Gasteiger partial charge in [-0.3, -0.25) is 9.69 Å². The molecule has 3 rings (SSSR count). The Kier molecular flexibility index (Phi) is 4.49. The molecule has 1 unspecified atom stereocenters. The third-order valence-electron chi connectivity index (χ3n) is 5.17. The van der Waals surface area contributed by atoms with Crippen LogP contribution >= 0.6 is 0 Å². The number of nitrogens with one attached hydrogen (secondary N) is 2. The van der Waals surface area contributed by atoms with Gasteiger partial charge in [-0.05, 0) is 44.7 Å². The number of carbonyl (C=O) groups is 1. The Balaban J connectivity index is 1.69.